The first-order chi connectivity index (χ1) is 23.0. The number of carbonyl (C=O) groups excluding carboxylic acids is 3. The molecule has 3 unspecified atom stereocenters. The van der Waals surface area contributed by atoms with Crippen LogP contribution in [0, 0.1) is 24.2 Å². The molecule has 4 heterocycles. The van der Waals surface area contributed by atoms with Crippen molar-refractivity contribution in [2.75, 3.05) is 38.6 Å². The van der Waals surface area contributed by atoms with Gasteiger partial charge in [0.2, 0.25) is 0 Å². The van der Waals surface area contributed by atoms with Gasteiger partial charge >= 0.3 is 6.03 Å². The highest BCUT2D eigenvalue weighted by Gasteiger charge is 2.52. The number of nitriles is 1. The van der Waals surface area contributed by atoms with Crippen molar-refractivity contribution < 1.29 is 19.1 Å². The zero-order chi connectivity index (χ0) is 34.2. The fourth-order valence-electron chi connectivity index (χ4n) is 6.81. The summed E-state index contributed by atoms with van der Waals surface area (Å²) in [6.07, 6.45) is 3.87. The molecule has 2 aromatic carbocycles. The van der Waals surface area contributed by atoms with Crippen molar-refractivity contribution in [1.82, 2.24) is 25.8 Å². The molecule has 0 aliphatic carbocycles. The molecule has 48 heavy (non-hydrogen) atoms. The topological polar surface area (TPSA) is 130 Å². The van der Waals surface area contributed by atoms with E-state index in [0.29, 0.717) is 42.3 Å². The average molecular weight is 670 g/mol. The van der Waals surface area contributed by atoms with Gasteiger partial charge in [-0.05, 0) is 103 Å². The van der Waals surface area contributed by atoms with Gasteiger partial charge in [-0.15, -0.1) is 0 Å². The molecule has 11 nitrogen and oxygen atoms in total. The van der Waals surface area contributed by atoms with Crippen molar-refractivity contribution in [3.63, 3.8) is 0 Å². The number of likely N-dealkylation sites (N-methyl/N-ethyl adjacent to an activating group) is 1. The molecule has 3 fully saturated rings. The minimum atomic E-state index is -0.473. The second-order valence-corrected chi connectivity index (χ2v) is 14.7. The molecule has 4 atom stereocenters. The Bertz CT molecular complexity index is 1700. The number of urea groups is 1. The van der Waals surface area contributed by atoms with Crippen molar-refractivity contribution in [3.05, 3.63) is 76.3 Å². The molecule has 3 N–H and O–H groups in total. The van der Waals surface area contributed by atoms with Gasteiger partial charge in [-0.25, -0.2) is 4.79 Å². The lowest BCUT2D eigenvalue weighted by Gasteiger charge is -2.46. The Labute approximate surface area is 286 Å². The maximum atomic E-state index is 13.8. The molecule has 4 aliphatic rings. The van der Waals surface area contributed by atoms with Crippen molar-refractivity contribution in [2.24, 2.45) is 5.92 Å². The summed E-state index contributed by atoms with van der Waals surface area (Å²) in [4.78, 5) is 46.9. The van der Waals surface area contributed by atoms with Gasteiger partial charge in [0, 0.05) is 42.0 Å². The summed E-state index contributed by atoms with van der Waals surface area (Å²) in [7, 11) is 3.81. The van der Waals surface area contributed by atoms with Gasteiger partial charge in [-0.2, -0.15) is 5.26 Å². The van der Waals surface area contributed by atoms with Crippen LogP contribution in [0.15, 0.2) is 70.8 Å². The molecule has 0 saturated carbocycles. The summed E-state index contributed by atoms with van der Waals surface area (Å²) in [6.45, 7) is 7.43. The van der Waals surface area contributed by atoms with Gasteiger partial charge in [0.15, 0.2) is 0 Å². The summed E-state index contributed by atoms with van der Waals surface area (Å²) in [5, 5.41) is 19.5. The van der Waals surface area contributed by atoms with Crippen molar-refractivity contribution >= 4 is 35.3 Å². The van der Waals surface area contributed by atoms with Crippen molar-refractivity contribution in [2.45, 2.75) is 63.0 Å². The fourth-order valence-corrected chi connectivity index (χ4v) is 8.21. The predicted octanol–water partition coefficient (Wildman–Crippen LogP) is 4.48. The largest absolute Gasteiger partial charge is 0.457 e. The number of amides is 4. The number of piperidine rings is 2. The Morgan fingerprint density at radius 2 is 1.92 bits per heavy atom. The number of thioether (sulfide) groups is 1. The molecule has 3 saturated heterocycles. The second kappa shape index (κ2) is 13.7. The smallest absolute Gasteiger partial charge is 0.326 e. The summed E-state index contributed by atoms with van der Waals surface area (Å²) in [6, 6.07) is 16.8. The lowest BCUT2D eigenvalue weighted by molar-refractivity contribution is -0.129. The van der Waals surface area contributed by atoms with Crippen molar-refractivity contribution in [3.8, 4) is 17.6 Å². The lowest BCUT2D eigenvalue weighted by Crippen LogP contribution is -2.62. The van der Waals surface area contributed by atoms with Crippen LogP contribution in [0.3, 0.4) is 0 Å². The van der Waals surface area contributed by atoms with Gasteiger partial charge in [0.05, 0.1) is 16.3 Å². The molecule has 4 aliphatic heterocycles. The van der Waals surface area contributed by atoms with Gasteiger partial charge in [0.1, 0.15) is 23.1 Å². The number of hydrogen-bond acceptors (Lipinski definition) is 8. The predicted molar refractivity (Wildman–Crippen MR) is 186 cm³/mol. The third-order valence-electron chi connectivity index (χ3n) is 9.80. The van der Waals surface area contributed by atoms with E-state index in [2.05, 4.69) is 22.0 Å². The number of hydrogen-bond donors (Lipinski definition) is 3. The minimum Gasteiger partial charge on any atom is -0.457 e. The Morgan fingerprint density at radius 3 is 2.62 bits per heavy atom. The third-order valence-corrected chi connectivity index (χ3v) is 11.2. The Morgan fingerprint density at radius 1 is 1.15 bits per heavy atom. The zero-order valence-corrected chi connectivity index (χ0v) is 28.9. The van der Waals surface area contributed by atoms with Crippen LogP contribution in [0.5, 0.6) is 11.5 Å². The molecule has 0 aromatic heterocycles. The number of carbonyl (C=O) groups is 3. The molecule has 252 valence electrons. The summed E-state index contributed by atoms with van der Waals surface area (Å²) in [5.74, 6) is 0.775. The maximum Gasteiger partial charge on any atom is 0.326 e. The SMILES string of the molecule is Cc1cc(Oc2ccccc2)ccc1N1C(=O)NC2=C(C(=O)N[C@@H]3CCCN(C(=O)/C(C#N)=C\C(C)(C)N(C)C)C3)SC3NCCC1C23. The van der Waals surface area contributed by atoms with Crippen molar-refractivity contribution in [1.29, 1.82) is 5.26 Å². The van der Waals surface area contributed by atoms with Gasteiger partial charge in [-0.1, -0.05) is 30.0 Å². The molecular formula is C36H43N7O4S. The van der Waals surface area contributed by atoms with Crippen LogP contribution < -0.4 is 25.6 Å². The first-order valence-electron chi connectivity index (χ1n) is 16.5. The van der Waals surface area contributed by atoms with Gasteiger partial charge in [0.25, 0.3) is 11.8 Å². The number of rotatable bonds is 8. The molecule has 12 heteroatoms. The summed E-state index contributed by atoms with van der Waals surface area (Å²) >= 11 is 1.46. The van der Waals surface area contributed by atoms with Crippen LogP contribution in [0.4, 0.5) is 10.5 Å². The van der Waals surface area contributed by atoms with E-state index in [4.69, 9.17) is 4.74 Å². The first-order valence-corrected chi connectivity index (χ1v) is 17.3. The Balaban J connectivity index is 1.17. The molecule has 4 amide bonds. The van der Waals surface area contributed by atoms with Crippen LogP contribution in [0.2, 0.25) is 0 Å². The molecule has 0 bridgehead atoms. The quantitative estimate of drug-likeness (QED) is 0.277. The number of ether oxygens (including phenoxy) is 1. The van der Waals surface area contributed by atoms with Gasteiger partial charge < -0.3 is 30.5 Å². The Hall–Kier alpha value is -4.31. The average Bonchev–Trinajstić information content (AvgIpc) is 3.44. The fraction of sp³-hybridized carbons (Fsp3) is 0.444. The molecule has 0 spiro atoms. The number of nitrogens with one attached hydrogen (secondary N) is 3. The number of aryl methyl sites for hydroxylation is 1. The number of likely N-dealkylation sites (tertiary alicyclic amines) is 1. The highest BCUT2D eigenvalue weighted by molar-refractivity contribution is 8.04. The number of nitrogens with zero attached hydrogens (tertiary/aromatic N) is 4. The van der Waals surface area contributed by atoms with Crippen LogP contribution >= 0.6 is 11.8 Å². The monoisotopic (exact) mass is 669 g/mol. The number of anilines is 1. The summed E-state index contributed by atoms with van der Waals surface area (Å²) < 4.78 is 6.02. The molecule has 2 aromatic rings. The molecule has 6 rings (SSSR count). The molecule has 0 radical (unpaired) electrons. The standard InChI is InChI=1S/C36H43N7O4S/c1-22-18-26(47-25-11-7-6-8-12-25)13-14-27(22)43-28-15-16-38-33-29(28)30(40-35(43)46)31(48-33)32(44)39-24-10-9-17-42(21-24)34(45)23(20-37)19-36(2,3)41(4)5/h6-8,11-14,18-19,24,28-29,33,38H,9-10,15-17,21H2,1-5H3,(H,39,44)(H,40,46)/b23-19-/t24-,28?,29?,33?/m1/s1. The van der Waals surface area contributed by atoms with E-state index in [1.165, 1.54) is 11.8 Å². The van der Waals surface area contributed by atoms with Crippen LogP contribution in [0.1, 0.15) is 38.7 Å². The first kappa shape index (κ1) is 33.6. The number of benzene rings is 2. The highest BCUT2D eigenvalue weighted by atomic mass is 32.2. The van der Waals surface area contributed by atoms with Crippen LogP contribution in [-0.2, 0) is 9.59 Å². The van der Waals surface area contributed by atoms with Crippen LogP contribution in [-0.4, -0.2) is 84.4 Å². The second-order valence-electron chi connectivity index (χ2n) is 13.6. The minimum absolute atomic E-state index is 0.0589. The lowest BCUT2D eigenvalue weighted by atomic mass is 9.86. The van der Waals surface area contributed by atoms with E-state index in [1.54, 1.807) is 11.0 Å². The van der Waals surface area contributed by atoms with Gasteiger partial charge in [-0.3, -0.25) is 14.5 Å². The number of para-hydroxylation sites is 1. The normalized spacial score (nSPS) is 24.2. The Kier molecular flexibility index (Phi) is 9.56. The maximum absolute atomic E-state index is 13.8. The van der Waals surface area contributed by atoms with E-state index >= 15 is 0 Å². The van der Waals surface area contributed by atoms with E-state index in [0.717, 1.165) is 30.0 Å². The van der Waals surface area contributed by atoms with Crippen LogP contribution in [0.25, 0.3) is 0 Å². The van der Waals surface area contributed by atoms with E-state index in [-0.39, 0.29) is 46.8 Å². The van der Waals surface area contributed by atoms with E-state index in [1.807, 2.05) is 93.2 Å². The highest BCUT2D eigenvalue weighted by Crippen LogP contribution is 2.48. The molecular weight excluding hydrogens is 627 g/mol. The van der Waals surface area contributed by atoms with E-state index in [9.17, 15) is 19.6 Å². The third kappa shape index (κ3) is 6.67. The zero-order valence-electron chi connectivity index (χ0n) is 28.1. The summed E-state index contributed by atoms with van der Waals surface area (Å²) in [5.41, 5.74) is 2.01. The van der Waals surface area contributed by atoms with E-state index < -0.39 is 5.54 Å².